The summed E-state index contributed by atoms with van der Waals surface area (Å²) < 4.78 is 4.91. The van der Waals surface area contributed by atoms with Crippen molar-refractivity contribution in [1.82, 2.24) is 10.6 Å². The van der Waals surface area contributed by atoms with Crippen LogP contribution in [-0.2, 0) is 9.53 Å². The number of anilines is 1. The summed E-state index contributed by atoms with van der Waals surface area (Å²) in [6, 6.07) is 3.57. The number of nitrogens with two attached hydrogens (primary N) is 1. The van der Waals surface area contributed by atoms with Gasteiger partial charge in [0.1, 0.15) is 0 Å². The van der Waals surface area contributed by atoms with Crippen LogP contribution in [0.2, 0.25) is 5.02 Å². The number of rotatable bonds is 3. The van der Waals surface area contributed by atoms with Crippen LogP contribution in [0.25, 0.3) is 0 Å². The zero-order valence-electron chi connectivity index (χ0n) is 10.9. The summed E-state index contributed by atoms with van der Waals surface area (Å²) in [5, 5.41) is 4.58. The molecule has 0 spiro atoms. The number of carbonyl (C=O) groups is 3. The van der Waals surface area contributed by atoms with Gasteiger partial charge >= 0.3 is 12.0 Å². The molecular formula is C12H14ClN3O4. The van der Waals surface area contributed by atoms with Crippen molar-refractivity contribution in [2.75, 3.05) is 12.8 Å². The molecular weight excluding hydrogens is 286 g/mol. The van der Waals surface area contributed by atoms with Gasteiger partial charge in [0.15, 0.2) is 6.10 Å². The first-order valence-corrected chi connectivity index (χ1v) is 6.01. The number of halogens is 1. The number of carbonyl (C=O) groups excluding carboxylic acids is 3. The summed E-state index contributed by atoms with van der Waals surface area (Å²) in [5.41, 5.74) is 5.86. The van der Waals surface area contributed by atoms with Gasteiger partial charge in [0.05, 0.1) is 5.56 Å². The molecule has 0 saturated carbocycles. The number of imide groups is 1. The number of hydrogen-bond donors (Lipinski definition) is 3. The molecule has 4 N–H and O–H groups in total. The van der Waals surface area contributed by atoms with Gasteiger partial charge in [-0.15, -0.1) is 0 Å². The van der Waals surface area contributed by atoms with Crippen LogP contribution in [0.15, 0.2) is 18.2 Å². The molecule has 1 aromatic carbocycles. The van der Waals surface area contributed by atoms with Crippen LogP contribution in [0.4, 0.5) is 10.5 Å². The van der Waals surface area contributed by atoms with Crippen molar-refractivity contribution < 1.29 is 19.1 Å². The first kappa shape index (κ1) is 15.8. The lowest BCUT2D eigenvalue weighted by atomic mass is 10.2. The Balaban J connectivity index is 2.70. The first-order chi connectivity index (χ1) is 9.35. The molecule has 3 amide bonds. The number of benzene rings is 1. The molecule has 0 aromatic heterocycles. The Morgan fingerprint density at radius 1 is 1.35 bits per heavy atom. The minimum atomic E-state index is -1.14. The Hall–Kier alpha value is -2.28. The molecule has 0 bridgehead atoms. The predicted octanol–water partition coefficient (Wildman–Crippen LogP) is 0.923. The number of amides is 3. The second-order valence-corrected chi connectivity index (χ2v) is 4.28. The highest BCUT2D eigenvalue weighted by molar-refractivity contribution is 6.31. The van der Waals surface area contributed by atoms with Crippen LogP contribution in [0, 0.1) is 0 Å². The lowest BCUT2D eigenvalue weighted by Gasteiger charge is -2.13. The molecule has 7 nitrogen and oxygen atoms in total. The van der Waals surface area contributed by atoms with E-state index in [2.05, 4.69) is 5.32 Å². The molecule has 1 rings (SSSR count). The van der Waals surface area contributed by atoms with E-state index in [1.165, 1.54) is 32.2 Å². The van der Waals surface area contributed by atoms with Gasteiger partial charge in [0, 0.05) is 17.8 Å². The van der Waals surface area contributed by atoms with E-state index in [-0.39, 0.29) is 11.3 Å². The highest BCUT2D eigenvalue weighted by Gasteiger charge is 2.21. The Morgan fingerprint density at radius 2 is 2.00 bits per heavy atom. The van der Waals surface area contributed by atoms with Crippen molar-refractivity contribution in [3.05, 3.63) is 28.8 Å². The van der Waals surface area contributed by atoms with E-state index in [1.54, 1.807) is 0 Å². The van der Waals surface area contributed by atoms with Gasteiger partial charge in [-0.05, 0) is 25.1 Å². The van der Waals surface area contributed by atoms with Crippen LogP contribution in [-0.4, -0.2) is 31.1 Å². The van der Waals surface area contributed by atoms with E-state index < -0.39 is 24.0 Å². The zero-order valence-corrected chi connectivity index (χ0v) is 11.7. The van der Waals surface area contributed by atoms with Crippen LogP contribution >= 0.6 is 11.6 Å². The predicted molar refractivity (Wildman–Crippen MR) is 73.3 cm³/mol. The highest BCUT2D eigenvalue weighted by Crippen LogP contribution is 2.19. The molecule has 1 atom stereocenters. The summed E-state index contributed by atoms with van der Waals surface area (Å²) in [6.45, 7) is 1.34. The average Bonchev–Trinajstić information content (AvgIpc) is 2.37. The first-order valence-electron chi connectivity index (χ1n) is 5.63. The van der Waals surface area contributed by atoms with Gasteiger partial charge in [0.2, 0.25) is 0 Å². The molecule has 0 aliphatic carbocycles. The molecule has 0 radical (unpaired) electrons. The van der Waals surface area contributed by atoms with Gasteiger partial charge in [0.25, 0.3) is 5.91 Å². The Morgan fingerprint density at radius 3 is 2.55 bits per heavy atom. The summed E-state index contributed by atoms with van der Waals surface area (Å²) in [4.78, 5) is 34.3. The molecule has 0 heterocycles. The van der Waals surface area contributed by atoms with Gasteiger partial charge in [-0.3, -0.25) is 10.1 Å². The molecule has 1 aromatic rings. The van der Waals surface area contributed by atoms with Crippen molar-refractivity contribution in [2.24, 2.45) is 0 Å². The summed E-state index contributed by atoms with van der Waals surface area (Å²) in [5.74, 6) is -1.52. The Bertz CT molecular complexity index is 548. The number of urea groups is 1. The summed E-state index contributed by atoms with van der Waals surface area (Å²) >= 11 is 5.71. The van der Waals surface area contributed by atoms with Crippen molar-refractivity contribution in [3.8, 4) is 0 Å². The monoisotopic (exact) mass is 299 g/mol. The number of nitrogens with one attached hydrogen (secondary N) is 2. The van der Waals surface area contributed by atoms with Crippen LogP contribution in [0.5, 0.6) is 0 Å². The molecule has 0 fully saturated rings. The van der Waals surface area contributed by atoms with Crippen LogP contribution in [0.3, 0.4) is 0 Å². The fraction of sp³-hybridized carbons (Fsp3) is 0.250. The van der Waals surface area contributed by atoms with E-state index in [4.69, 9.17) is 22.1 Å². The van der Waals surface area contributed by atoms with E-state index in [0.29, 0.717) is 5.02 Å². The molecule has 20 heavy (non-hydrogen) atoms. The lowest BCUT2D eigenvalue weighted by Crippen LogP contribution is -2.43. The smallest absolute Gasteiger partial charge is 0.341 e. The van der Waals surface area contributed by atoms with E-state index >= 15 is 0 Å². The summed E-state index contributed by atoms with van der Waals surface area (Å²) in [7, 11) is 1.35. The number of ether oxygens (including phenoxy) is 1. The third-order valence-electron chi connectivity index (χ3n) is 2.35. The Labute approximate surface area is 120 Å². The maximum Gasteiger partial charge on any atom is 0.341 e. The van der Waals surface area contributed by atoms with Crippen molar-refractivity contribution in [1.29, 1.82) is 0 Å². The fourth-order valence-electron chi connectivity index (χ4n) is 1.27. The minimum absolute atomic E-state index is 0.0917. The number of hydrogen-bond acceptors (Lipinski definition) is 5. The molecule has 0 aliphatic heterocycles. The zero-order chi connectivity index (χ0) is 15.3. The Kier molecular flexibility index (Phi) is 5.33. The SMILES string of the molecule is CNC(=O)NC(=O)[C@@H](C)OC(=O)c1ccc(Cl)cc1N. The van der Waals surface area contributed by atoms with Gasteiger partial charge in [-0.1, -0.05) is 11.6 Å². The molecule has 8 heteroatoms. The third kappa shape index (κ3) is 4.13. The minimum Gasteiger partial charge on any atom is -0.449 e. The normalized spacial score (nSPS) is 11.3. The quantitative estimate of drug-likeness (QED) is 0.568. The van der Waals surface area contributed by atoms with Gasteiger partial charge in [-0.2, -0.15) is 0 Å². The third-order valence-corrected chi connectivity index (χ3v) is 2.59. The maximum absolute atomic E-state index is 11.8. The fourth-order valence-corrected chi connectivity index (χ4v) is 1.45. The van der Waals surface area contributed by atoms with Crippen molar-refractivity contribution >= 4 is 35.2 Å². The molecule has 0 aliphatic rings. The molecule has 0 unspecified atom stereocenters. The number of nitrogen functional groups attached to an aromatic ring is 1. The second-order valence-electron chi connectivity index (χ2n) is 3.85. The largest absolute Gasteiger partial charge is 0.449 e. The van der Waals surface area contributed by atoms with E-state index in [0.717, 1.165) is 0 Å². The van der Waals surface area contributed by atoms with Crippen molar-refractivity contribution in [2.45, 2.75) is 13.0 Å². The second kappa shape index (κ2) is 6.76. The maximum atomic E-state index is 11.8. The van der Waals surface area contributed by atoms with E-state index in [9.17, 15) is 14.4 Å². The number of esters is 1. The van der Waals surface area contributed by atoms with E-state index in [1.807, 2.05) is 5.32 Å². The van der Waals surface area contributed by atoms with Gasteiger partial charge < -0.3 is 15.8 Å². The summed E-state index contributed by atoms with van der Waals surface area (Å²) in [6.07, 6.45) is -1.14. The molecule has 0 saturated heterocycles. The average molecular weight is 300 g/mol. The topological polar surface area (TPSA) is 111 Å². The standard InChI is InChI=1S/C12H14ClN3O4/c1-6(10(17)16-12(19)15-2)20-11(18)8-4-3-7(13)5-9(8)14/h3-6H,14H2,1-2H3,(H2,15,16,17,19)/t6-/m1/s1. The van der Waals surface area contributed by atoms with Gasteiger partial charge in [-0.25, -0.2) is 9.59 Å². The lowest BCUT2D eigenvalue weighted by molar-refractivity contribution is -0.127. The van der Waals surface area contributed by atoms with Crippen molar-refractivity contribution in [3.63, 3.8) is 0 Å². The van der Waals surface area contributed by atoms with Crippen LogP contribution in [0.1, 0.15) is 17.3 Å². The van der Waals surface area contributed by atoms with Crippen LogP contribution < -0.4 is 16.4 Å². The molecule has 108 valence electrons. The highest BCUT2D eigenvalue weighted by atomic mass is 35.5.